The minimum atomic E-state index is 0.229. The summed E-state index contributed by atoms with van der Waals surface area (Å²) in [4.78, 5) is 0. The molecule has 0 amide bonds. The van der Waals surface area contributed by atoms with Crippen molar-refractivity contribution >= 4 is 0 Å². The third-order valence-electron chi connectivity index (χ3n) is 2.89. The molecule has 0 saturated heterocycles. The van der Waals surface area contributed by atoms with E-state index in [0.29, 0.717) is 0 Å². The van der Waals surface area contributed by atoms with Crippen LogP contribution in [0.15, 0.2) is 12.1 Å². The van der Waals surface area contributed by atoms with E-state index in [1.807, 2.05) is 26.0 Å². The highest BCUT2D eigenvalue weighted by Gasteiger charge is 2.08. The summed E-state index contributed by atoms with van der Waals surface area (Å²) < 4.78 is 10.7. The number of ether oxygens (including phenoxy) is 2. The molecular formula is C14H24N2O2. The molecule has 0 radical (unpaired) electrons. The second kappa shape index (κ2) is 7.24. The molecule has 1 rings (SSSR count). The largest absolute Gasteiger partial charge is 0.496 e. The van der Waals surface area contributed by atoms with Gasteiger partial charge in [-0.05, 0) is 44.5 Å². The van der Waals surface area contributed by atoms with Crippen LogP contribution in [0.5, 0.6) is 11.5 Å². The monoisotopic (exact) mass is 252 g/mol. The molecule has 0 aliphatic heterocycles. The summed E-state index contributed by atoms with van der Waals surface area (Å²) in [6, 6.07) is 4.25. The van der Waals surface area contributed by atoms with E-state index in [4.69, 9.17) is 15.2 Å². The minimum absolute atomic E-state index is 0.229. The van der Waals surface area contributed by atoms with Gasteiger partial charge < -0.3 is 20.5 Å². The van der Waals surface area contributed by atoms with Crippen LogP contribution >= 0.6 is 0 Å². The average molecular weight is 252 g/mol. The van der Waals surface area contributed by atoms with Gasteiger partial charge in [0.05, 0.1) is 14.2 Å². The summed E-state index contributed by atoms with van der Waals surface area (Å²) in [5, 5.41) is 3.36. The first-order chi connectivity index (χ1) is 8.58. The lowest BCUT2D eigenvalue weighted by Crippen LogP contribution is -2.23. The van der Waals surface area contributed by atoms with Crippen molar-refractivity contribution in [2.75, 3.05) is 20.8 Å². The Labute approximate surface area is 109 Å². The molecule has 0 aliphatic carbocycles. The number of aryl methyl sites for hydroxylation is 1. The fraction of sp³-hybridized carbons (Fsp3) is 0.571. The van der Waals surface area contributed by atoms with E-state index in [1.54, 1.807) is 14.2 Å². The Balaban J connectivity index is 2.68. The summed E-state index contributed by atoms with van der Waals surface area (Å²) in [5.74, 6) is 1.78. The number of benzene rings is 1. The molecule has 0 bridgehead atoms. The van der Waals surface area contributed by atoms with Gasteiger partial charge in [0, 0.05) is 18.2 Å². The first-order valence-corrected chi connectivity index (χ1v) is 6.26. The number of hydrogen-bond acceptors (Lipinski definition) is 4. The van der Waals surface area contributed by atoms with Crippen LogP contribution in [0.4, 0.5) is 0 Å². The van der Waals surface area contributed by atoms with Crippen LogP contribution in [0.25, 0.3) is 0 Å². The zero-order chi connectivity index (χ0) is 13.5. The number of nitrogens with two attached hydrogens (primary N) is 1. The highest BCUT2D eigenvalue weighted by Crippen LogP contribution is 2.28. The molecule has 0 aliphatic rings. The van der Waals surface area contributed by atoms with Gasteiger partial charge in [-0.1, -0.05) is 0 Å². The van der Waals surface area contributed by atoms with E-state index in [2.05, 4.69) is 5.32 Å². The van der Waals surface area contributed by atoms with Crippen LogP contribution in [0, 0.1) is 6.92 Å². The predicted octanol–water partition coefficient (Wildman–Crippen LogP) is 1.84. The van der Waals surface area contributed by atoms with Crippen LogP contribution in [0.2, 0.25) is 0 Å². The van der Waals surface area contributed by atoms with Crippen molar-refractivity contribution in [3.8, 4) is 11.5 Å². The van der Waals surface area contributed by atoms with Crippen LogP contribution in [-0.4, -0.2) is 26.8 Å². The number of hydrogen-bond donors (Lipinski definition) is 2. The van der Waals surface area contributed by atoms with E-state index in [-0.39, 0.29) is 6.04 Å². The molecule has 4 nitrogen and oxygen atoms in total. The van der Waals surface area contributed by atoms with Gasteiger partial charge in [-0.25, -0.2) is 0 Å². The van der Waals surface area contributed by atoms with E-state index in [0.717, 1.165) is 42.1 Å². The zero-order valence-corrected chi connectivity index (χ0v) is 11.7. The first-order valence-electron chi connectivity index (χ1n) is 6.26. The second-order valence-corrected chi connectivity index (χ2v) is 4.58. The van der Waals surface area contributed by atoms with Crippen molar-refractivity contribution in [3.05, 3.63) is 23.3 Å². The smallest absolute Gasteiger partial charge is 0.123 e. The molecule has 102 valence electrons. The molecule has 0 saturated carbocycles. The Hall–Kier alpha value is -1.26. The maximum Gasteiger partial charge on any atom is 0.123 e. The standard InChI is InChI=1S/C14H24N2O2/c1-10-7-14(18-4)12(8-13(10)17-3)9-16-6-5-11(2)15/h7-8,11,16H,5-6,9,15H2,1-4H3. The van der Waals surface area contributed by atoms with Crippen LogP contribution in [0.3, 0.4) is 0 Å². The normalized spacial score (nSPS) is 12.3. The Kier molecular flexibility index (Phi) is 5.95. The molecule has 0 heterocycles. The highest BCUT2D eigenvalue weighted by atomic mass is 16.5. The van der Waals surface area contributed by atoms with E-state index >= 15 is 0 Å². The molecule has 0 fully saturated rings. The fourth-order valence-corrected chi connectivity index (χ4v) is 1.80. The van der Waals surface area contributed by atoms with Gasteiger partial charge in [-0.3, -0.25) is 0 Å². The number of nitrogens with one attached hydrogen (secondary N) is 1. The van der Waals surface area contributed by atoms with Crippen molar-refractivity contribution < 1.29 is 9.47 Å². The Morgan fingerprint density at radius 3 is 2.44 bits per heavy atom. The summed E-state index contributed by atoms with van der Waals surface area (Å²) in [6.45, 7) is 5.68. The molecule has 4 heteroatoms. The highest BCUT2D eigenvalue weighted by molar-refractivity contribution is 5.45. The van der Waals surface area contributed by atoms with Gasteiger partial charge in [-0.15, -0.1) is 0 Å². The lowest BCUT2D eigenvalue weighted by atomic mass is 10.1. The Morgan fingerprint density at radius 1 is 1.22 bits per heavy atom. The van der Waals surface area contributed by atoms with E-state index in [1.165, 1.54) is 0 Å². The number of rotatable bonds is 7. The molecule has 3 N–H and O–H groups in total. The van der Waals surface area contributed by atoms with Gasteiger partial charge >= 0.3 is 0 Å². The first kappa shape index (κ1) is 14.8. The molecule has 1 aromatic carbocycles. The van der Waals surface area contributed by atoms with Crippen molar-refractivity contribution in [1.29, 1.82) is 0 Å². The lowest BCUT2D eigenvalue weighted by Gasteiger charge is -2.14. The van der Waals surface area contributed by atoms with Crippen LogP contribution in [-0.2, 0) is 6.54 Å². The molecule has 0 aromatic heterocycles. The van der Waals surface area contributed by atoms with Gasteiger partial charge in [0.25, 0.3) is 0 Å². The van der Waals surface area contributed by atoms with Gasteiger partial charge in [0.1, 0.15) is 11.5 Å². The summed E-state index contributed by atoms with van der Waals surface area (Å²) in [5.41, 5.74) is 7.89. The zero-order valence-electron chi connectivity index (χ0n) is 11.7. The van der Waals surface area contributed by atoms with Gasteiger partial charge in [0.15, 0.2) is 0 Å². The maximum atomic E-state index is 5.71. The molecule has 0 spiro atoms. The second-order valence-electron chi connectivity index (χ2n) is 4.58. The molecule has 1 atom stereocenters. The van der Waals surface area contributed by atoms with Gasteiger partial charge in [0.2, 0.25) is 0 Å². The van der Waals surface area contributed by atoms with Crippen LogP contribution < -0.4 is 20.5 Å². The SMILES string of the molecule is COc1cc(CNCCC(C)N)c(OC)cc1C. The fourth-order valence-electron chi connectivity index (χ4n) is 1.80. The van der Waals surface area contributed by atoms with Crippen molar-refractivity contribution in [2.24, 2.45) is 5.73 Å². The third kappa shape index (κ3) is 4.20. The van der Waals surface area contributed by atoms with E-state index in [9.17, 15) is 0 Å². The topological polar surface area (TPSA) is 56.5 Å². The van der Waals surface area contributed by atoms with Crippen molar-refractivity contribution in [2.45, 2.75) is 32.9 Å². The average Bonchev–Trinajstić information content (AvgIpc) is 2.35. The summed E-state index contributed by atoms with van der Waals surface area (Å²) >= 11 is 0. The van der Waals surface area contributed by atoms with Crippen molar-refractivity contribution in [3.63, 3.8) is 0 Å². The summed E-state index contributed by atoms with van der Waals surface area (Å²) in [6.07, 6.45) is 0.964. The van der Waals surface area contributed by atoms with Crippen molar-refractivity contribution in [1.82, 2.24) is 5.32 Å². The number of methoxy groups -OCH3 is 2. The molecule has 1 unspecified atom stereocenters. The molecule has 1 aromatic rings. The Morgan fingerprint density at radius 2 is 1.89 bits per heavy atom. The minimum Gasteiger partial charge on any atom is -0.496 e. The molecular weight excluding hydrogens is 228 g/mol. The third-order valence-corrected chi connectivity index (χ3v) is 2.89. The van der Waals surface area contributed by atoms with E-state index < -0.39 is 0 Å². The Bertz CT molecular complexity index is 378. The summed E-state index contributed by atoms with van der Waals surface area (Å²) in [7, 11) is 3.37. The maximum absolute atomic E-state index is 5.71. The van der Waals surface area contributed by atoms with Gasteiger partial charge in [-0.2, -0.15) is 0 Å². The quantitative estimate of drug-likeness (QED) is 0.727. The predicted molar refractivity (Wildman–Crippen MR) is 74.3 cm³/mol. The van der Waals surface area contributed by atoms with Crippen LogP contribution in [0.1, 0.15) is 24.5 Å². The lowest BCUT2D eigenvalue weighted by molar-refractivity contribution is 0.394. The molecule has 18 heavy (non-hydrogen) atoms.